The fraction of sp³-hybridized carbons (Fsp3) is 0.571. The highest BCUT2D eigenvalue weighted by Gasteiger charge is 2.23. The van der Waals surface area contributed by atoms with E-state index < -0.39 is 11.6 Å². The summed E-state index contributed by atoms with van der Waals surface area (Å²) in [5, 5.41) is 3.25. The molecule has 0 bridgehead atoms. The summed E-state index contributed by atoms with van der Waals surface area (Å²) in [6.45, 7) is 1.84. The topological polar surface area (TPSA) is 30.5 Å². The SMILES string of the molecule is COc1cc(F)c(F)c(CC2CCNCC2)c1OC. The molecule has 0 aromatic heterocycles. The molecule has 1 saturated heterocycles. The van der Waals surface area contributed by atoms with Crippen molar-refractivity contribution in [1.82, 2.24) is 5.32 Å². The minimum atomic E-state index is -0.887. The van der Waals surface area contributed by atoms with Crippen LogP contribution >= 0.6 is 0 Å². The smallest absolute Gasteiger partial charge is 0.167 e. The quantitative estimate of drug-likeness (QED) is 0.912. The lowest BCUT2D eigenvalue weighted by molar-refractivity contribution is 0.327. The zero-order valence-corrected chi connectivity index (χ0v) is 11.3. The first-order chi connectivity index (χ1) is 9.17. The monoisotopic (exact) mass is 271 g/mol. The Labute approximate surface area is 111 Å². The summed E-state index contributed by atoms with van der Waals surface area (Å²) in [4.78, 5) is 0. The van der Waals surface area contributed by atoms with E-state index in [1.807, 2.05) is 0 Å². The van der Waals surface area contributed by atoms with Crippen LogP contribution in [-0.4, -0.2) is 27.3 Å². The van der Waals surface area contributed by atoms with Gasteiger partial charge in [-0.3, -0.25) is 0 Å². The maximum Gasteiger partial charge on any atom is 0.167 e. The molecule has 19 heavy (non-hydrogen) atoms. The predicted octanol–water partition coefficient (Wildman–Crippen LogP) is 2.52. The van der Waals surface area contributed by atoms with Crippen molar-refractivity contribution in [3.05, 3.63) is 23.3 Å². The minimum Gasteiger partial charge on any atom is -0.493 e. The van der Waals surface area contributed by atoms with Crippen LogP contribution in [0.1, 0.15) is 18.4 Å². The van der Waals surface area contributed by atoms with Gasteiger partial charge in [0.15, 0.2) is 23.1 Å². The summed E-state index contributed by atoms with van der Waals surface area (Å²) in [6, 6.07) is 1.03. The highest BCUT2D eigenvalue weighted by atomic mass is 19.2. The van der Waals surface area contributed by atoms with Crippen molar-refractivity contribution in [3.63, 3.8) is 0 Å². The van der Waals surface area contributed by atoms with E-state index in [2.05, 4.69) is 5.32 Å². The number of piperidine rings is 1. The van der Waals surface area contributed by atoms with Crippen molar-refractivity contribution < 1.29 is 18.3 Å². The molecular weight excluding hydrogens is 252 g/mol. The summed E-state index contributed by atoms with van der Waals surface area (Å²) in [5.74, 6) is -0.820. The Kier molecular flexibility index (Phi) is 4.58. The number of hydrogen-bond acceptors (Lipinski definition) is 3. The summed E-state index contributed by atoms with van der Waals surface area (Å²) in [5.41, 5.74) is 0.284. The second-order valence-electron chi connectivity index (χ2n) is 4.78. The molecule has 0 atom stereocenters. The van der Waals surface area contributed by atoms with Crippen molar-refractivity contribution >= 4 is 0 Å². The van der Waals surface area contributed by atoms with Crippen molar-refractivity contribution in [2.75, 3.05) is 27.3 Å². The molecule has 5 heteroatoms. The van der Waals surface area contributed by atoms with Gasteiger partial charge >= 0.3 is 0 Å². The van der Waals surface area contributed by atoms with Gasteiger partial charge in [0.1, 0.15) is 0 Å². The molecule has 1 aromatic carbocycles. The fourth-order valence-corrected chi connectivity index (χ4v) is 2.57. The lowest BCUT2D eigenvalue weighted by Crippen LogP contribution is -2.29. The number of nitrogens with one attached hydrogen (secondary N) is 1. The van der Waals surface area contributed by atoms with Crippen LogP contribution in [0.25, 0.3) is 0 Å². The molecule has 1 N–H and O–H groups in total. The molecule has 0 spiro atoms. The summed E-state index contributed by atoms with van der Waals surface area (Å²) in [6.07, 6.45) is 2.40. The van der Waals surface area contributed by atoms with Gasteiger partial charge in [-0.2, -0.15) is 0 Å². The van der Waals surface area contributed by atoms with Gasteiger partial charge in [-0.25, -0.2) is 8.78 Å². The number of halogens is 2. The van der Waals surface area contributed by atoms with Crippen molar-refractivity contribution in [1.29, 1.82) is 0 Å². The lowest BCUT2D eigenvalue weighted by atomic mass is 9.90. The molecule has 0 amide bonds. The van der Waals surface area contributed by atoms with Crippen LogP contribution in [0.15, 0.2) is 6.07 Å². The van der Waals surface area contributed by atoms with Gasteiger partial charge in [0.25, 0.3) is 0 Å². The molecule has 0 saturated carbocycles. The third-order valence-electron chi connectivity index (χ3n) is 3.61. The lowest BCUT2D eigenvalue weighted by Gasteiger charge is -2.24. The summed E-state index contributed by atoms with van der Waals surface area (Å²) >= 11 is 0. The molecule has 0 aliphatic carbocycles. The van der Waals surface area contributed by atoms with Crippen LogP contribution in [0.2, 0.25) is 0 Å². The molecule has 1 aromatic rings. The first-order valence-electron chi connectivity index (χ1n) is 6.47. The van der Waals surface area contributed by atoms with Gasteiger partial charge < -0.3 is 14.8 Å². The van der Waals surface area contributed by atoms with Gasteiger partial charge in [-0.1, -0.05) is 0 Å². The molecule has 1 aliphatic heterocycles. The molecule has 1 fully saturated rings. The first-order valence-corrected chi connectivity index (χ1v) is 6.47. The van der Waals surface area contributed by atoms with Gasteiger partial charge in [-0.15, -0.1) is 0 Å². The number of rotatable bonds is 4. The predicted molar refractivity (Wildman–Crippen MR) is 68.8 cm³/mol. The Morgan fingerprint density at radius 1 is 1.21 bits per heavy atom. The van der Waals surface area contributed by atoms with E-state index in [0.717, 1.165) is 32.0 Å². The van der Waals surface area contributed by atoms with Gasteiger partial charge in [0.2, 0.25) is 0 Å². The number of hydrogen-bond donors (Lipinski definition) is 1. The zero-order chi connectivity index (χ0) is 13.8. The maximum absolute atomic E-state index is 14.0. The van der Waals surface area contributed by atoms with E-state index in [-0.39, 0.29) is 11.3 Å². The second kappa shape index (κ2) is 6.19. The van der Waals surface area contributed by atoms with Crippen LogP contribution in [0.3, 0.4) is 0 Å². The third-order valence-corrected chi connectivity index (χ3v) is 3.61. The van der Waals surface area contributed by atoms with Gasteiger partial charge in [0, 0.05) is 11.6 Å². The van der Waals surface area contributed by atoms with E-state index >= 15 is 0 Å². The molecule has 1 heterocycles. The van der Waals surface area contributed by atoms with E-state index in [1.165, 1.54) is 14.2 Å². The molecular formula is C14H19F2NO2. The normalized spacial score (nSPS) is 16.4. The Morgan fingerprint density at radius 3 is 2.47 bits per heavy atom. The number of ether oxygens (including phenoxy) is 2. The Bertz CT molecular complexity index is 446. The Hall–Kier alpha value is -1.36. The van der Waals surface area contributed by atoms with Crippen LogP contribution in [0.4, 0.5) is 8.78 Å². The molecule has 0 radical (unpaired) electrons. The van der Waals surface area contributed by atoms with Crippen molar-refractivity contribution in [3.8, 4) is 11.5 Å². The van der Waals surface area contributed by atoms with Crippen LogP contribution in [-0.2, 0) is 6.42 Å². The number of methoxy groups -OCH3 is 2. The third kappa shape index (κ3) is 2.97. The van der Waals surface area contributed by atoms with Crippen molar-refractivity contribution in [2.24, 2.45) is 5.92 Å². The molecule has 2 rings (SSSR count). The zero-order valence-electron chi connectivity index (χ0n) is 11.3. The van der Waals surface area contributed by atoms with Gasteiger partial charge in [0.05, 0.1) is 14.2 Å². The summed E-state index contributed by atoms with van der Waals surface area (Å²) in [7, 11) is 2.87. The number of benzene rings is 1. The van der Waals surface area contributed by atoms with E-state index in [4.69, 9.17) is 9.47 Å². The maximum atomic E-state index is 14.0. The largest absolute Gasteiger partial charge is 0.493 e. The standard InChI is InChI=1S/C14H19F2NO2/c1-18-12-8-11(15)13(16)10(14(12)19-2)7-9-3-5-17-6-4-9/h8-9,17H,3-7H2,1-2H3. The molecule has 3 nitrogen and oxygen atoms in total. The molecule has 0 unspecified atom stereocenters. The van der Waals surface area contributed by atoms with E-state index in [1.54, 1.807) is 0 Å². The Morgan fingerprint density at radius 2 is 1.89 bits per heavy atom. The highest BCUT2D eigenvalue weighted by molar-refractivity contribution is 5.48. The van der Waals surface area contributed by atoms with Crippen LogP contribution < -0.4 is 14.8 Å². The molecule has 106 valence electrons. The van der Waals surface area contributed by atoms with Crippen LogP contribution in [0, 0.1) is 17.6 Å². The van der Waals surface area contributed by atoms with Gasteiger partial charge in [-0.05, 0) is 38.3 Å². The van der Waals surface area contributed by atoms with E-state index in [9.17, 15) is 8.78 Å². The second-order valence-corrected chi connectivity index (χ2v) is 4.78. The Balaban J connectivity index is 2.33. The minimum absolute atomic E-state index is 0.241. The highest BCUT2D eigenvalue weighted by Crippen LogP contribution is 2.37. The average molecular weight is 271 g/mol. The van der Waals surface area contributed by atoms with Crippen molar-refractivity contribution in [2.45, 2.75) is 19.3 Å². The fourth-order valence-electron chi connectivity index (χ4n) is 2.57. The van der Waals surface area contributed by atoms with Crippen LogP contribution in [0.5, 0.6) is 11.5 Å². The molecule has 1 aliphatic rings. The average Bonchev–Trinajstić information content (AvgIpc) is 2.44. The summed E-state index contributed by atoms with van der Waals surface area (Å²) < 4.78 is 37.8. The first kappa shape index (κ1) is 14.1. The van der Waals surface area contributed by atoms with E-state index in [0.29, 0.717) is 18.1 Å².